The van der Waals surface area contributed by atoms with E-state index in [1.54, 1.807) is 72.8 Å². The molecule has 11 nitrogen and oxygen atoms in total. The van der Waals surface area contributed by atoms with Crippen molar-refractivity contribution in [1.29, 1.82) is 0 Å². The second-order valence-electron chi connectivity index (χ2n) is 10.2. The van der Waals surface area contributed by atoms with Crippen molar-refractivity contribution >= 4 is 23.9 Å². The molecule has 46 heavy (non-hydrogen) atoms. The van der Waals surface area contributed by atoms with E-state index in [1.165, 1.54) is 48.5 Å². The lowest BCUT2D eigenvalue weighted by Crippen LogP contribution is -2.65. The third kappa shape index (κ3) is 7.64. The van der Waals surface area contributed by atoms with Crippen molar-refractivity contribution < 1.29 is 53.1 Å². The number of hydrogen-bond donors (Lipinski definition) is 2. The summed E-state index contributed by atoms with van der Waals surface area (Å²) in [5, 5.41) is 21.6. The highest BCUT2D eigenvalue weighted by atomic mass is 16.7. The molecule has 1 fully saturated rings. The molecule has 0 radical (unpaired) electrons. The maximum Gasteiger partial charge on any atom is 0.338 e. The monoisotopic (exact) mass is 626 g/mol. The van der Waals surface area contributed by atoms with Gasteiger partial charge in [-0.1, -0.05) is 72.8 Å². The molecule has 0 bridgehead atoms. The fourth-order valence-electron chi connectivity index (χ4n) is 4.83. The molecule has 236 valence electrons. The zero-order chi connectivity index (χ0) is 32.5. The molecule has 5 rings (SSSR count). The van der Waals surface area contributed by atoms with E-state index in [2.05, 4.69) is 0 Å². The Kier molecular flexibility index (Phi) is 10.5. The van der Waals surface area contributed by atoms with Crippen LogP contribution >= 0.6 is 0 Å². The van der Waals surface area contributed by atoms with Crippen molar-refractivity contribution in [1.82, 2.24) is 0 Å². The van der Waals surface area contributed by atoms with Crippen LogP contribution in [-0.2, 0) is 23.7 Å². The van der Waals surface area contributed by atoms with Crippen molar-refractivity contribution in [3.63, 3.8) is 0 Å². The van der Waals surface area contributed by atoms with Gasteiger partial charge in [-0.05, 0) is 48.5 Å². The van der Waals surface area contributed by atoms with E-state index < -0.39 is 67.3 Å². The molecule has 1 aliphatic rings. The maximum atomic E-state index is 13.4. The Morgan fingerprint density at radius 1 is 0.543 bits per heavy atom. The van der Waals surface area contributed by atoms with Crippen LogP contribution in [0.15, 0.2) is 121 Å². The predicted molar refractivity (Wildman–Crippen MR) is 161 cm³/mol. The fraction of sp³-hybridized carbons (Fsp3) is 0.200. The molecule has 1 saturated heterocycles. The van der Waals surface area contributed by atoms with Crippen LogP contribution in [0.1, 0.15) is 41.4 Å². The smallest absolute Gasteiger partial charge is 0.338 e. The first-order valence-electron chi connectivity index (χ1n) is 14.3. The van der Waals surface area contributed by atoms with Gasteiger partial charge in [0.05, 0.1) is 28.9 Å². The summed E-state index contributed by atoms with van der Waals surface area (Å²) in [6.07, 6.45) is -10.2. The highest BCUT2D eigenvalue weighted by Gasteiger charge is 2.55. The molecule has 1 heterocycles. The van der Waals surface area contributed by atoms with Gasteiger partial charge >= 0.3 is 23.9 Å². The van der Waals surface area contributed by atoms with Crippen LogP contribution < -0.4 is 0 Å². The zero-order valence-corrected chi connectivity index (χ0v) is 24.3. The van der Waals surface area contributed by atoms with Crippen LogP contribution in [0.5, 0.6) is 0 Å². The summed E-state index contributed by atoms with van der Waals surface area (Å²) in [4.78, 5) is 52.9. The number of rotatable bonds is 10. The van der Waals surface area contributed by atoms with E-state index in [0.29, 0.717) is 0 Å². The second kappa shape index (κ2) is 15.1. The average molecular weight is 627 g/mol. The molecule has 1 aliphatic heterocycles. The number of benzene rings is 4. The molecular weight excluding hydrogens is 596 g/mol. The Bertz CT molecular complexity index is 1610. The first-order chi connectivity index (χ1) is 22.4. The minimum absolute atomic E-state index is 0.107. The average Bonchev–Trinajstić information content (AvgIpc) is 3.11. The molecule has 0 spiro atoms. The van der Waals surface area contributed by atoms with Gasteiger partial charge in [0.25, 0.3) is 0 Å². The lowest BCUT2D eigenvalue weighted by molar-refractivity contribution is -0.295. The fourth-order valence-corrected chi connectivity index (χ4v) is 4.83. The Morgan fingerprint density at radius 3 is 1.28 bits per heavy atom. The molecule has 4 aromatic carbocycles. The third-order valence-corrected chi connectivity index (χ3v) is 7.12. The van der Waals surface area contributed by atoms with E-state index in [-0.39, 0.29) is 22.3 Å². The standard InChI is InChI=1S/C35H30O11/c36-21-26(42-31(37)22-13-5-1-6-14-22)27-28(44-32(38)23-15-7-2-8-16-23)29(45-33(39)24-17-9-3-10-18-24)30(35(41)43-27)46-34(40)25-19-11-4-12-20-25/h1-20,26-30,35-36,41H,21H2/t26-,27-,28-,29+,30+,35-/m1/s1. The number of ether oxygens (including phenoxy) is 5. The van der Waals surface area contributed by atoms with Crippen molar-refractivity contribution in [3.05, 3.63) is 144 Å². The van der Waals surface area contributed by atoms with Gasteiger partial charge in [0.1, 0.15) is 6.10 Å². The Labute approximate surface area is 263 Å². The summed E-state index contributed by atoms with van der Waals surface area (Å²) in [5.41, 5.74) is 0.486. The van der Waals surface area contributed by atoms with Gasteiger partial charge < -0.3 is 33.9 Å². The Balaban J connectivity index is 1.53. The van der Waals surface area contributed by atoms with Gasteiger partial charge in [-0.2, -0.15) is 0 Å². The van der Waals surface area contributed by atoms with Crippen LogP contribution in [0.2, 0.25) is 0 Å². The largest absolute Gasteiger partial charge is 0.453 e. The Hall–Kier alpha value is -5.36. The number of aliphatic hydroxyl groups excluding tert-OH is 2. The van der Waals surface area contributed by atoms with Crippen LogP contribution in [0.4, 0.5) is 0 Å². The molecular formula is C35H30O11. The van der Waals surface area contributed by atoms with E-state index >= 15 is 0 Å². The SMILES string of the molecule is O=C(O[C@H]1[C@H](OC(=O)c2ccccc2)[C@@H]([C@@H](CO)OC(=O)c2ccccc2)O[C@@H](O)[C@H]1OC(=O)c1ccccc1)c1ccccc1. The van der Waals surface area contributed by atoms with Crippen molar-refractivity contribution in [2.75, 3.05) is 6.61 Å². The molecule has 0 unspecified atom stereocenters. The second-order valence-corrected chi connectivity index (χ2v) is 10.2. The molecule has 11 heteroatoms. The van der Waals surface area contributed by atoms with Crippen molar-refractivity contribution in [2.24, 2.45) is 0 Å². The molecule has 6 atom stereocenters. The van der Waals surface area contributed by atoms with Gasteiger partial charge in [0.15, 0.2) is 30.7 Å². The highest BCUT2D eigenvalue weighted by Crippen LogP contribution is 2.32. The van der Waals surface area contributed by atoms with Crippen LogP contribution in [0, 0.1) is 0 Å². The first kappa shape index (κ1) is 32.0. The minimum Gasteiger partial charge on any atom is -0.453 e. The summed E-state index contributed by atoms with van der Waals surface area (Å²) in [6.45, 7) is -0.844. The summed E-state index contributed by atoms with van der Waals surface area (Å²) < 4.78 is 28.6. The summed E-state index contributed by atoms with van der Waals surface area (Å²) in [7, 11) is 0. The summed E-state index contributed by atoms with van der Waals surface area (Å²) in [5.74, 6) is -3.53. The topological polar surface area (TPSA) is 155 Å². The van der Waals surface area contributed by atoms with Crippen LogP contribution in [0.3, 0.4) is 0 Å². The van der Waals surface area contributed by atoms with E-state index in [1.807, 2.05) is 0 Å². The third-order valence-electron chi connectivity index (χ3n) is 7.12. The number of hydrogen-bond acceptors (Lipinski definition) is 11. The van der Waals surface area contributed by atoms with E-state index in [4.69, 9.17) is 23.7 Å². The lowest BCUT2D eigenvalue weighted by atomic mass is 9.94. The van der Waals surface area contributed by atoms with Crippen LogP contribution in [0.25, 0.3) is 0 Å². The van der Waals surface area contributed by atoms with Crippen LogP contribution in [-0.4, -0.2) is 77.5 Å². The summed E-state index contributed by atoms with van der Waals surface area (Å²) >= 11 is 0. The maximum absolute atomic E-state index is 13.4. The molecule has 0 saturated carbocycles. The highest BCUT2D eigenvalue weighted by molar-refractivity contribution is 5.91. The number of carbonyl (C=O) groups excluding carboxylic acids is 4. The number of aliphatic hydroxyl groups is 2. The van der Waals surface area contributed by atoms with Gasteiger partial charge in [-0.15, -0.1) is 0 Å². The van der Waals surface area contributed by atoms with Gasteiger partial charge in [-0.3, -0.25) is 0 Å². The predicted octanol–water partition coefficient (Wildman–Crippen LogP) is 3.60. The molecule has 0 aromatic heterocycles. The number of esters is 4. The summed E-state index contributed by atoms with van der Waals surface area (Å²) in [6, 6.07) is 31.4. The van der Waals surface area contributed by atoms with E-state index in [9.17, 15) is 29.4 Å². The van der Waals surface area contributed by atoms with Crippen molar-refractivity contribution in [2.45, 2.75) is 36.8 Å². The number of carbonyl (C=O) groups is 4. The van der Waals surface area contributed by atoms with Gasteiger partial charge in [0.2, 0.25) is 0 Å². The molecule has 4 aromatic rings. The lowest BCUT2D eigenvalue weighted by Gasteiger charge is -2.44. The van der Waals surface area contributed by atoms with Gasteiger partial charge in [-0.25, -0.2) is 19.2 Å². The quantitative estimate of drug-likeness (QED) is 0.196. The molecule has 0 aliphatic carbocycles. The molecule has 0 amide bonds. The first-order valence-corrected chi connectivity index (χ1v) is 14.3. The minimum atomic E-state index is -1.98. The zero-order valence-electron chi connectivity index (χ0n) is 24.3. The molecule has 2 N–H and O–H groups in total. The normalized spacial score (nSPS) is 21.3. The van der Waals surface area contributed by atoms with Gasteiger partial charge in [0, 0.05) is 0 Å². The van der Waals surface area contributed by atoms with Crippen molar-refractivity contribution in [3.8, 4) is 0 Å². The van der Waals surface area contributed by atoms with E-state index in [0.717, 1.165) is 0 Å². The Morgan fingerprint density at radius 2 is 0.891 bits per heavy atom.